The van der Waals surface area contributed by atoms with Gasteiger partial charge in [0.1, 0.15) is 11.5 Å². The first-order valence-corrected chi connectivity index (χ1v) is 9.73. The summed E-state index contributed by atoms with van der Waals surface area (Å²) in [6.45, 7) is 4.54. The van der Waals surface area contributed by atoms with Gasteiger partial charge in [-0.3, -0.25) is 0 Å². The minimum absolute atomic E-state index is 0.188. The third kappa shape index (κ3) is 4.71. The lowest BCUT2D eigenvalue weighted by atomic mass is 9.85. The first kappa shape index (κ1) is 19.0. The molecule has 0 saturated carbocycles. The predicted molar refractivity (Wildman–Crippen MR) is 112 cm³/mol. The van der Waals surface area contributed by atoms with E-state index in [0.29, 0.717) is 23.0 Å². The molecule has 0 fully saturated rings. The number of hydrogen-bond donors (Lipinski definition) is 2. The summed E-state index contributed by atoms with van der Waals surface area (Å²) >= 11 is 0. The van der Waals surface area contributed by atoms with Crippen LogP contribution in [0.5, 0.6) is 11.5 Å². The van der Waals surface area contributed by atoms with Crippen LogP contribution in [0.15, 0.2) is 72.8 Å². The summed E-state index contributed by atoms with van der Waals surface area (Å²) in [5, 5.41) is 20.4. The van der Waals surface area contributed by atoms with Gasteiger partial charge in [0.25, 0.3) is 0 Å². The highest BCUT2D eigenvalue weighted by molar-refractivity contribution is 5.75. The maximum Gasteiger partial charge on any atom is 0.123 e. The molecule has 2 atom stereocenters. The number of phenols is 2. The molecule has 0 radical (unpaired) electrons. The fourth-order valence-corrected chi connectivity index (χ4v) is 3.86. The highest BCUT2D eigenvalue weighted by atomic mass is 16.3. The third-order valence-corrected chi connectivity index (χ3v) is 5.29. The van der Waals surface area contributed by atoms with E-state index in [4.69, 9.17) is 0 Å². The van der Waals surface area contributed by atoms with Crippen molar-refractivity contribution in [3.8, 4) is 22.6 Å². The molecule has 0 aliphatic heterocycles. The molecule has 3 aromatic carbocycles. The van der Waals surface area contributed by atoms with Crippen LogP contribution in [0.4, 0.5) is 0 Å². The van der Waals surface area contributed by atoms with Gasteiger partial charge in [0.2, 0.25) is 0 Å². The Kier molecular flexibility index (Phi) is 6.18. The van der Waals surface area contributed by atoms with Crippen molar-refractivity contribution >= 4 is 0 Å². The van der Waals surface area contributed by atoms with Crippen LogP contribution < -0.4 is 0 Å². The molecule has 0 saturated heterocycles. The topological polar surface area (TPSA) is 40.5 Å². The minimum Gasteiger partial charge on any atom is -0.507 e. The first-order chi connectivity index (χ1) is 13.1. The van der Waals surface area contributed by atoms with E-state index in [2.05, 4.69) is 44.2 Å². The van der Waals surface area contributed by atoms with Crippen molar-refractivity contribution in [2.24, 2.45) is 5.92 Å². The van der Waals surface area contributed by atoms with Gasteiger partial charge in [0.05, 0.1) is 0 Å². The lowest BCUT2D eigenvalue weighted by Crippen LogP contribution is -2.07. The summed E-state index contributed by atoms with van der Waals surface area (Å²) in [4.78, 5) is 0. The van der Waals surface area contributed by atoms with Gasteiger partial charge < -0.3 is 10.2 Å². The molecule has 0 bridgehead atoms. The van der Waals surface area contributed by atoms with Crippen molar-refractivity contribution in [2.45, 2.75) is 39.0 Å². The quantitative estimate of drug-likeness (QED) is 0.503. The number of benzene rings is 3. The average molecular weight is 360 g/mol. The molecule has 3 aromatic rings. The van der Waals surface area contributed by atoms with Gasteiger partial charge >= 0.3 is 0 Å². The highest BCUT2D eigenvalue weighted by Crippen LogP contribution is 2.36. The van der Waals surface area contributed by atoms with Crippen LogP contribution in [0.3, 0.4) is 0 Å². The molecule has 0 aromatic heterocycles. The summed E-state index contributed by atoms with van der Waals surface area (Å²) in [5.41, 5.74) is 3.95. The SMILES string of the molecule is CCC(CC(C)Cc1ccc(O)c(-c2ccccc2O)c1)c1ccccc1. The van der Waals surface area contributed by atoms with Gasteiger partial charge in [-0.1, -0.05) is 68.4 Å². The average Bonchev–Trinajstić information content (AvgIpc) is 2.69. The molecule has 27 heavy (non-hydrogen) atoms. The molecule has 0 amide bonds. The Balaban J connectivity index is 1.76. The van der Waals surface area contributed by atoms with Gasteiger partial charge in [-0.15, -0.1) is 0 Å². The fraction of sp³-hybridized carbons (Fsp3) is 0.280. The van der Waals surface area contributed by atoms with Crippen molar-refractivity contribution in [3.05, 3.63) is 83.9 Å². The van der Waals surface area contributed by atoms with Gasteiger partial charge in [-0.2, -0.15) is 0 Å². The number of hydrogen-bond acceptors (Lipinski definition) is 2. The smallest absolute Gasteiger partial charge is 0.123 e. The van der Waals surface area contributed by atoms with E-state index in [1.54, 1.807) is 18.2 Å². The summed E-state index contributed by atoms with van der Waals surface area (Å²) in [5.74, 6) is 1.48. The monoisotopic (exact) mass is 360 g/mol. The third-order valence-electron chi connectivity index (χ3n) is 5.29. The van der Waals surface area contributed by atoms with Gasteiger partial charge in [-0.05, 0) is 60.4 Å². The maximum absolute atomic E-state index is 10.3. The zero-order valence-corrected chi connectivity index (χ0v) is 16.1. The molecule has 0 heterocycles. The molecule has 0 aliphatic rings. The lowest BCUT2D eigenvalue weighted by molar-refractivity contribution is 0.454. The Hall–Kier alpha value is -2.74. The van der Waals surface area contributed by atoms with E-state index in [1.807, 2.05) is 24.3 Å². The maximum atomic E-state index is 10.3. The van der Waals surface area contributed by atoms with Crippen LogP contribution >= 0.6 is 0 Å². The highest BCUT2D eigenvalue weighted by Gasteiger charge is 2.15. The van der Waals surface area contributed by atoms with E-state index in [1.165, 1.54) is 11.1 Å². The second-order valence-electron chi connectivity index (χ2n) is 7.43. The zero-order valence-electron chi connectivity index (χ0n) is 16.1. The van der Waals surface area contributed by atoms with E-state index in [0.717, 1.165) is 19.3 Å². The van der Waals surface area contributed by atoms with Crippen LogP contribution in [0, 0.1) is 5.92 Å². The number of aromatic hydroxyl groups is 2. The Morgan fingerprint density at radius 2 is 1.44 bits per heavy atom. The van der Waals surface area contributed by atoms with Crippen molar-refractivity contribution in [3.63, 3.8) is 0 Å². The molecular formula is C25H28O2. The fourth-order valence-electron chi connectivity index (χ4n) is 3.86. The van der Waals surface area contributed by atoms with Gasteiger partial charge in [0, 0.05) is 11.1 Å². The Morgan fingerprint density at radius 3 is 2.15 bits per heavy atom. The molecule has 0 spiro atoms. The molecule has 2 N–H and O–H groups in total. The number of para-hydroxylation sites is 1. The Morgan fingerprint density at radius 1 is 0.778 bits per heavy atom. The molecule has 140 valence electrons. The molecular weight excluding hydrogens is 332 g/mol. The van der Waals surface area contributed by atoms with Crippen molar-refractivity contribution < 1.29 is 10.2 Å². The van der Waals surface area contributed by atoms with Crippen molar-refractivity contribution in [1.29, 1.82) is 0 Å². The number of rotatable bonds is 7. The van der Waals surface area contributed by atoms with Crippen LogP contribution in [0.2, 0.25) is 0 Å². The summed E-state index contributed by atoms with van der Waals surface area (Å²) in [6, 6.07) is 23.6. The van der Waals surface area contributed by atoms with Crippen molar-refractivity contribution in [2.75, 3.05) is 0 Å². The standard InChI is InChI=1S/C25H28O2/c1-3-20(21-9-5-4-6-10-21)16-18(2)15-19-13-14-25(27)23(17-19)22-11-7-8-12-24(22)26/h4-14,17-18,20,26-27H,3,15-16H2,1-2H3. The normalized spacial score (nSPS) is 13.3. The second kappa shape index (κ2) is 8.77. The molecule has 2 nitrogen and oxygen atoms in total. The van der Waals surface area contributed by atoms with E-state index >= 15 is 0 Å². The zero-order chi connectivity index (χ0) is 19.2. The summed E-state index contributed by atoms with van der Waals surface area (Å²) in [7, 11) is 0. The minimum atomic E-state index is 0.188. The van der Waals surface area contributed by atoms with Crippen LogP contribution in [-0.2, 0) is 6.42 Å². The van der Waals surface area contributed by atoms with E-state index in [-0.39, 0.29) is 11.5 Å². The first-order valence-electron chi connectivity index (χ1n) is 9.73. The second-order valence-corrected chi connectivity index (χ2v) is 7.43. The summed E-state index contributed by atoms with van der Waals surface area (Å²) < 4.78 is 0. The Labute approximate surface area is 162 Å². The molecule has 3 rings (SSSR count). The van der Waals surface area contributed by atoms with Crippen LogP contribution in [0.1, 0.15) is 43.7 Å². The van der Waals surface area contributed by atoms with Gasteiger partial charge in [0.15, 0.2) is 0 Å². The largest absolute Gasteiger partial charge is 0.507 e. The van der Waals surface area contributed by atoms with Crippen LogP contribution in [0.25, 0.3) is 11.1 Å². The molecule has 2 heteroatoms. The van der Waals surface area contributed by atoms with E-state index < -0.39 is 0 Å². The molecule has 2 unspecified atom stereocenters. The van der Waals surface area contributed by atoms with Gasteiger partial charge in [-0.25, -0.2) is 0 Å². The molecule has 0 aliphatic carbocycles. The van der Waals surface area contributed by atoms with Crippen molar-refractivity contribution in [1.82, 2.24) is 0 Å². The van der Waals surface area contributed by atoms with E-state index in [9.17, 15) is 10.2 Å². The number of phenolic OH excluding ortho intramolecular Hbond substituents is 2. The summed E-state index contributed by atoms with van der Waals surface area (Å²) in [6.07, 6.45) is 3.21. The van der Waals surface area contributed by atoms with Crippen LogP contribution in [-0.4, -0.2) is 10.2 Å². The Bertz CT molecular complexity index is 871. The lowest BCUT2D eigenvalue weighted by Gasteiger charge is -2.21. The predicted octanol–water partition coefficient (Wildman–Crippen LogP) is 6.53.